The number of allylic oxidation sites excluding steroid dienone is 1. The first-order valence-corrected chi connectivity index (χ1v) is 16.0. The summed E-state index contributed by atoms with van der Waals surface area (Å²) < 4.78 is 5.11. The fourth-order valence-corrected chi connectivity index (χ4v) is 12.7. The molecule has 5 aliphatic carbocycles. The minimum atomic E-state index is -0.574. The summed E-state index contributed by atoms with van der Waals surface area (Å²) in [6, 6.07) is -0.166. The van der Waals surface area contributed by atoms with E-state index in [2.05, 4.69) is 48.5 Å². The highest BCUT2D eigenvalue weighted by atomic mass is 16.3. The van der Waals surface area contributed by atoms with Crippen LogP contribution in [-0.4, -0.2) is 36.9 Å². The third-order valence-corrected chi connectivity index (χ3v) is 15.1. The number of hydrogen-bond acceptors (Lipinski definition) is 4. The third kappa shape index (κ3) is 2.60. The minimum Gasteiger partial charge on any atom is -0.395 e. The molecule has 1 aliphatic heterocycles. The predicted octanol–water partition coefficient (Wildman–Crippen LogP) is 4.75. The molecule has 0 bridgehead atoms. The fraction of sp³-hybridized carbons (Fsp3) is 0.879. The largest absolute Gasteiger partial charge is 0.395 e. The Labute approximate surface area is 238 Å². The molecule has 6 aliphatic rings. The quantitative estimate of drug-likeness (QED) is 0.518. The van der Waals surface area contributed by atoms with Gasteiger partial charge in [-0.3, -0.25) is 0 Å². The molecule has 4 unspecified atom stereocenters. The van der Waals surface area contributed by atoms with Crippen molar-refractivity contribution in [1.82, 2.24) is 13.9 Å². The lowest BCUT2D eigenvalue weighted by Gasteiger charge is -2.72. The highest BCUT2D eigenvalue weighted by Gasteiger charge is 2.73. The van der Waals surface area contributed by atoms with E-state index in [9.17, 15) is 19.8 Å². The molecule has 1 aromatic rings. The zero-order valence-corrected chi connectivity index (χ0v) is 26.0. The van der Waals surface area contributed by atoms with Crippen molar-refractivity contribution in [1.29, 1.82) is 0 Å². The van der Waals surface area contributed by atoms with E-state index in [1.54, 1.807) is 7.05 Å². The van der Waals surface area contributed by atoms with E-state index in [0.29, 0.717) is 11.8 Å². The van der Waals surface area contributed by atoms with Crippen molar-refractivity contribution in [2.24, 2.45) is 51.9 Å². The molecule has 7 heteroatoms. The molecule has 9 atom stereocenters. The molecular formula is C33H51N3O4. The predicted molar refractivity (Wildman–Crippen MR) is 155 cm³/mol. The van der Waals surface area contributed by atoms with Gasteiger partial charge >= 0.3 is 11.4 Å². The summed E-state index contributed by atoms with van der Waals surface area (Å²) >= 11 is 0. The van der Waals surface area contributed by atoms with Crippen molar-refractivity contribution in [3.8, 4) is 0 Å². The van der Waals surface area contributed by atoms with E-state index in [1.165, 1.54) is 15.7 Å². The molecule has 7 rings (SSSR count). The summed E-state index contributed by atoms with van der Waals surface area (Å²) in [5.74, 6) is 0.909. The van der Waals surface area contributed by atoms with Gasteiger partial charge in [0.15, 0.2) is 0 Å². The van der Waals surface area contributed by atoms with Crippen molar-refractivity contribution in [3.63, 3.8) is 0 Å². The van der Waals surface area contributed by atoms with Gasteiger partial charge in [-0.25, -0.2) is 23.5 Å². The van der Waals surface area contributed by atoms with Gasteiger partial charge in [-0.15, -0.1) is 0 Å². The van der Waals surface area contributed by atoms with Crippen molar-refractivity contribution >= 4 is 0 Å². The number of aliphatic hydroxyl groups excluding tert-OH is 2. The summed E-state index contributed by atoms with van der Waals surface area (Å²) in [6.45, 7) is 16.6. The topological polar surface area (TPSA) is 89.4 Å². The molecule has 0 aromatic carbocycles. The number of aliphatic hydroxyl groups is 2. The van der Waals surface area contributed by atoms with Gasteiger partial charge in [0.2, 0.25) is 0 Å². The van der Waals surface area contributed by atoms with E-state index >= 15 is 0 Å². The molecule has 222 valence electrons. The Morgan fingerprint density at radius 3 is 2.23 bits per heavy atom. The molecule has 0 radical (unpaired) electrons. The minimum absolute atomic E-state index is 0.0449. The number of rotatable bonds is 2. The first-order chi connectivity index (χ1) is 18.6. The monoisotopic (exact) mass is 553 g/mol. The molecule has 2 heterocycles. The maximum Gasteiger partial charge on any atom is 0.347 e. The second-order valence-electron chi connectivity index (χ2n) is 16.6. The molecule has 40 heavy (non-hydrogen) atoms. The smallest absolute Gasteiger partial charge is 0.347 e. The Balaban J connectivity index is 1.55. The molecule has 7 nitrogen and oxygen atoms in total. The molecule has 0 amide bonds. The lowest BCUT2D eigenvalue weighted by atomic mass is 9.33. The summed E-state index contributed by atoms with van der Waals surface area (Å²) in [7, 11) is 1.64. The van der Waals surface area contributed by atoms with Gasteiger partial charge in [-0.05, 0) is 108 Å². The van der Waals surface area contributed by atoms with Crippen LogP contribution in [0.1, 0.15) is 112 Å². The highest BCUT2D eigenvalue weighted by Crippen LogP contribution is 2.78. The fourth-order valence-electron chi connectivity index (χ4n) is 12.7. The van der Waals surface area contributed by atoms with Crippen LogP contribution < -0.4 is 11.4 Å². The Morgan fingerprint density at radius 2 is 1.57 bits per heavy atom. The molecular weight excluding hydrogens is 502 g/mol. The molecule has 0 saturated heterocycles. The molecule has 4 saturated carbocycles. The Morgan fingerprint density at radius 1 is 0.900 bits per heavy atom. The Hall–Kier alpha value is -1.60. The first-order valence-electron chi connectivity index (χ1n) is 16.0. The second-order valence-corrected chi connectivity index (χ2v) is 16.6. The van der Waals surface area contributed by atoms with E-state index in [1.807, 2.05) is 9.36 Å². The first kappa shape index (κ1) is 27.2. The van der Waals surface area contributed by atoms with Crippen LogP contribution in [-0.2, 0) is 12.6 Å². The van der Waals surface area contributed by atoms with E-state index in [4.69, 9.17) is 0 Å². The number of hydrogen-bond donors (Lipinski definition) is 2. The van der Waals surface area contributed by atoms with Gasteiger partial charge in [0.05, 0.1) is 24.3 Å². The van der Waals surface area contributed by atoms with Crippen LogP contribution in [0.4, 0.5) is 0 Å². The van der Waals surface area contributed by atoms with E-state index in [-0.39, 0.29) is 63.1 Å². The van der Waals surface area contributed by atoms with Crippen LogP contribution in [0, 0.1) is 44.8 Å². The lowest BCUT2D eigenvalue weighted by molar-refractivity contribution is -0.211. The molecule has 2 N–H and O–H groups in total. The standard InChI is InChI=1S/C33H51N3O4/c1-19(2)33-16-15-32(18-37)14-13-31(7)24(25(32)33)20(35-26(39)34(8)27(40)36(33)35)17-22-29(5)11-10-23(38)28(3,4)21(29)9-12-30(22,31)6/h19-23,37-38H,9-18H2,1-8H3/t20?,21?,22?,23-,29-,30+,31+,32-,33?/m0/s1. The summed E-state index contributed by atoms with van der Waals surface area (Å²) in [5, 5.41) is 22.2. The second kappa shape index (κ2) is 7.67. The zero-order valence-electron chi connectivity index (χ0n) is 26.0. The summed E-state index contributed by atoms with van der Waals surface area (Å²) in [6.07, 6.45) is 8.25. The van der Waals surface area contributed by atoms with Gasteiger partial charge in [0.25, 0.3) is 0 Å². The van der Waals surface area contributed by atoms with Gasteiger partial charge in [0, 0.05) is 12.5 Å². The molecule has 1 aromatic heterocycles. The van der Waals surface area contributed by atoms with Crippen molar-refractivity contribution in [2.75, 3.05) is 6.61 Å². The SMILES string of the molecule is CC(C)C12CC[C@]3(CO)CC[C@]4(C)C(=C13)C(CC1[C@@]3(C)CC[C@H](O)C(C)(C)C3CC[C@]14C)n1c(=O)n(C)c(=O)n12. The highest BCUT2D eigenvalue weighted by molar-refractivity contribution is 5.48. The lowest BCUT2D eigenvalue weighted by Crippen LogP contribution is -2.67. The van der Waals surface area contributed by atoms with Gasteiger partial charge < -0.3 is 10.2 Å². The maximum absolute atomic E-state index is 14.1. The Kier molecular flexibility index (Phi) is 5.22. The van der Waals surface area contributed by atoms with E-state index in [0.717, 1.165) is 57.8 Å². The van der Waals surface area contributed by atoms with Gasteiger partial charge in [-0.1, -0.05) is 48.5 Å². The van der Waals surface area contributed by atoms with Crippen LogP contribution in [0.5, 0.6) is 0 Å². The number of fused-ring (bicyclic) bond motifs is 7. The van der Waals surface area contributed by atoms with E-state index < -0.39 is 5.54 Å². The third-order valence-electron chi connectivity index (χ3n) is 15.1. The number of nitrogens with zero attached hydrogens (tertiary/aromatic N) is 3. The van der Waals surface area contributed by atoms with Gasteiger partial charge in [0.1, 0.15) is 0 Å². The van der Waals surface area contributed by atoms with Gasteiger partial charge in [-0.2, -0.15) is 0 Å². The average Bonchev–Trinajstić information content (AvgIpc) is 3.37. The Bertz CT molecular complexity index is 1450. The van der Waals surface area contributed by atoms with Crippen LogP contribution in [0.25, 0.3) is 0 Å². The zero-order chi connectivity index (χ0) is 29.0. The normalized spacial score (nSPS) is 48.5. The van der Waals surface area contributed by atoms with Crippen molar-refractivity contribution < 1.29 is 10.2 Å². The summed E-state index contributed by atoms with van der Waals surface area (Å²) in [5.41, 5.74) is 1.26. The van der Waals surface area contributed by atoms with Crippen LogP contribution in [0.2, 0.25) is 0 Å². The average molecular weight is 554 g/mol. The van der Waals surface area contributed by atoms with Crippen LogP contribution in [0.15, 0.2) is 20.7 Å². The maximum atomic E-state index is 14.1. The van der Waals surface area contributed by atoms with Crippen molar-refractivity contribution in [2.45, 2.75) is 124 Å². The number of aromatic nitrogens is 3. The van der Waals surface area contributed by atoms with Crippen LogP contribution >= 0.6 is 0 Å². The van der Waals surface area contributed by atoms with Crippen LogP contribution in [0.3, 0.4) is 0 Å². The molecule has 0 spiro atoms. The molecule has 4 fully saturated rings. The summed E-state index contributed by atoms with van der Waals surface area (Å²) in [4.78, 5) is 28.0. The van der Waals surface area contributed by atoms with Crippen molar-refractivity contribution in [3.05, 3.63) is 32.1 Å².